The van der Waals surface area contributed by atoms with Crippen LogP contribution in [0.2, 0.25) is 0 Å². The molecule has 1 saturated carbocycles. The minimum absolute atomic E-state index is 0.229. The number of dihydropyridines is 1. The number of carbonyl (C=O) groups is 2. The van der Waals surface area contributed by atoms with Crippen molar-refractivity contribution in [3.8, 4) is 0 Å². The van der Waals surface area contributed by atoms with E-state index in [0.29, 0.717) is 17.8 Å². The average Bonchev–Trinajstić information content (AvgIpc) is 2.54. The summed E-state index contributed by atoms with van der Waals surface area (Å²) in [4.78, 5) is 24.6. The number of carbonyl (C=O) groups excluding carboxylic acids is 2. The Morgan fingerprint density at radius 3 is 2.50 bits per heavy atom. The molecule has 0 spiro atoms. The van der Waals surface area contributed by atoms with Crippen LogP contribution in [0.25, 0.3) is 0 Å². The van der Waals surface area contributed by atoms with E-state index in [1.165, 1.54) is 13.5 Å². The van der Waals surface area contributed by atoms with Gasteiger partial charge in [0.2, 0.25) is 0 Å². The van der Waals surface area contributed by atoms with Gasteiger partial charge in [0.15, 0.2) is 0 Å². The minimum atomic E-state index is -0.365. The minimum Gasteiger partial charge on any atom is -0.466 e. The van der Waals surface area contributed by atoms with Gasteiger partial charge in [-0.3, -0.25) is 0 Å². The molecule has 0 amide bonds. The fourth-order valence-electron chi connectivity index (χ4n) is 3.49. The van der Waals surface area contributed by atoms with Gasteiger partial charge in [0.05, 0.1) is 24.9 Å². The lowest BCUT2D eigenvalue weighted by Crippen LogP contribution is -2.35. The van der Waals surface area contributed by atoms with Gasteiger partial charge >= 0.3 is 11.9 Å². The van der Waals surface area contributed by atoms with E-state index in [4.69, 9.17) is 9.47 Å². The number of methoxy groups -OCH3 is 1. The Balaban J connectivity index is 2.37. The van der Waals surface area contributed by atoms with Crippen molar-refractivity contribution in [2.24, 2.45) is 11.8 Å². The summed E-state index contributed by atoms with van der Waals surface area (Å²) in [5.41, 5.74) is 1.87. The van der Waals surface area contributed by atoms with E-state index in [9.17, 15) is 9.59 Å². The van der Waals surface area contributed by atoms with Crippen molar-refractivity contribution in [1.29, 1.82) is 0 Å². The van der Waals surface area contributed by atoms with E-state index in [1.54, 1.807) is 13.1 Å². The van der Waals surface area contributed by atoms with Gasteiger partial charge in [-0.2, -0.15) is 0 Å². The molecule has 1 aliphatic heterocycles. The first-order valence-electron chi connectivity index (χ1n) is 8.03. The van der Waals surface area contributed by atoms with Gasteiger partial charge in [0, 0.05) is 17.8 Å². The zero-order valence-electron chi connectivity index (χ0n) is 13.6. The summed E-state index contributed by atoms with van der Waals surface area (Å²) in [7, 11) is 1.38. The number of allylic oxidation sites excluding steroid dienone is 1. The van der Waals surface area contributed by atoms with Crippen molar-refractivity contribution >= 4 is 11.9 Å². The van der Waals surface area contributed by atoms with Crippen LogP contribution < -0.4 is 5.32 Å². The summed E-state index contributed by atoms with van der Waals surface area (Å²) in [5, 5.41) is 3.02. The normalized spacial score (nSPS) is 22.7. The van der Waals surface area contributed by atoms with Crippen molar-refractivity contribution < 1.29 is 19.1 Å². The molecule has 0 unspecified atom stereocenters. The third kappa shape index (κ3) is 3.34. The smallest absolute Gasteiger partial charge is 0.336 e. The Kier molecular flexibility index (Phi) is 5.63. The molecule has 22 heavy (non-hydrogen) atoms. The van der Waals surface area contributed by atoms with Crippen molar-refractivity contribution in [1.82, 2.24) is 5.32 Å². The van der Waals surface area contributed by atoms with Crippen LogP contribution in [-0.4, -0.2) is 25.7 Å². The summed E-state index contributed by atoms with van der Waals surface area (Å²) < 4.78 is 10.1. The van der Waals surface area contributed by atoms with Crippen molar-refractivity contribution in [3.63, 3.8) is 0 Å². The molecule has 5 heteroatoms. The largest absolute Gasteiger partial charge is 0.466 e. The van der Waals surface area contributed by atoms with E-state index < -0.39 is 0 Å². The van der Waals surface area contributed by atoms with Crippen LogP contribution in [0.3, 0.4) is 0 Å². The van der Waals surface area contributed by atoms with Gasteiger partial charge in [-0.05, 0) is 32.6 Å². The molecule has 0 saturated heterocycles. The number of hydrogen-bond donors (Lipinski definition) is 1. The Bertz CT molecular complexity index is 501. The molecular weight excluding hydrogens is 282 g/mol. The highest BCUT2D eigenvalue weighted by Gasteiger charge is 2.39. The van der Waals surface area contributed by atoms with Crippen LogP contribution in [0.5, 0.6) is 0 Å². The topological polar surface area (TPSA) is 64.6 Å². The van der Waals surface area contributed by atoms with E-state index in [-0.39, 0.29) is 23.8 Å². The first kappa shape index (κ1) is 16.6. The summed E-state index contributed by atoms with van der Waals surface area (Å²) in [6, 6.07) is 0. The standard InChI is InChI=1S/C17H25NO4/c1-4-22-16(19)13-10-18-11(2)14(17(20)21-3)15(13)12-8-6-5-7-9-12/h10,12,15,18H,4-9H2,1-3H3/t15-/m1/s1. The van der Waals surface area contributed by atoms with E-state index >= 15 is 0 Å². The maximum atomic E-state index is 12.3. The predicted molar refractivity (Wildman–Crippen MR) is 82.6 cm³/mol. The number of hydrogen-bond acceptors (Lipinski definition) is 5. The summed E-state index contributed by atoms with van der Waals surface area (Å²) >= 11 is 0. The number of ether oxygens (including phenoxy) is 2. The first-order valence-corrected chi connectivity index (χ1v) is 8.03. The highest BCUT2D eigenvalue weighted by Crippen LogP contribution is 2.41. The molecular formula is C17H25NO4. The fraction of sp³-hybridized carbons (Fsp3) is 0.647. The second-order valence-corrected chi connectivity index (χ2v) is 5.87. The van der Waals surface area contributed by atoms with E-state index in [0.717, 1.165) is 31.4 Å². The molecule has 2 rings (SSSR count). The molecule has 2 aliphatic rings. The van der Waals surface area contributed by atoms with Crippen LogP contribution in [0.1, 0.15) is 46.0 Å². The quantitative estimate of drug-likeness (QED) is 0.809. The highest BCUT2D eigenvalue weighted by atomic mass is 16.5. The van der Waals surface area contributed by atoms with Crippen LogP contribution in [-0.2, 0) is 19.1 Å². The van der Waals surface area contributed by atoms with Gasteiger partial charge in [-0.25, -0.2) is 9.59 Å². The van der Waals surface area contributed by atoms with Gasteiger partial charge in [0.1, 0.15) is 0 Å². The lowest BCUT2D eigenvalue weighted by molar-refractivity contribution is -0.139. The van der Waals surface area contributed by atoms with Crippen LogP contribution in [0.4, 0.5) is 0 Å². The van der Waals surface area contributed by atoms with Gasteiger partial charge in [0.25, 0.3) is 0 Å². The molecule has 0 aromatic carbocycles. The van der Waals surface area contributed by atoms with Crippen LogP contribution in [0.15, 0.2) is 23.0 Å². The van der Waals surface area contributed by atoms with Gasteiger partial charge < -0.3 is 14.8 Å². The lowest BCUT2D eigenvalue weighted by atomic mass is 9.72. The average molecular weight is 307 g/mol. The first-order chi connectivity index (χ1) is 10.6. The number of esters is 2. The van der Waals surface area contributed by atoms with Crippen LogP contribution in [0, 0.1) is 11.8 Å². The van der Waals surface area contributed by atoms with Crippen LogP contribution >= 0.6 is 0 Å². The SMILES string of the molecule is CCOC(=O)C1=CNC(C)=C(C(=O)OC)[C@@H]1C1CCCCC1. The third-order valence-corrected chi connectivity index (χ3v) is 4.53. The molecule has 0 aromatic rings. The predicted octanol–water partition coefficient (Wildman–Crippen LogP) is 2.68. The molecule has 0 bridgehead atoms. The maximum Gasteiger partial charge on any atom is 0.336 e. The summed E-state index contributed by atoms with van der Waals surface area (Å²) in [6.07, 6.45) is 7.23. The van der Waals surface area contributed by atoms with E-state index in [1.807, 2.05) is 6.92 Å². The van der Waals surface area contributed by atoms with Gasteiger partial charge in [-0.15, -0.1) is 0 Å². The molecule has 1 atom stereocenters. The highest BCUT2D eigenvalue weighted by molar-refractivity contribution is 5.97. The summed E-state index contributed by atoms with van der Waals surface area (Å²) in [6.45, 7) is 3.96. The molecule has 5 nitrogen and oxygen atoms in total. The van der Waals surface area contributed by atoms with Crippen molar-refractivity contribution in [2.75, 3.05) is 13.7 Å². The molecule has 1 aliphatic carbocycles. The summed E-state index contributed by atoms with van der Waals surface area (Å²) in [5.74, 6) is -0.654. The Hall–Kier alpha value is -1.78. The zero-order chi connectivity index (χ0) is 16.1. The maximum absolute atomic E-state index is 12.3. The molecule has 0 radical (unpaired) electrons. The van der Waals surface area contributed by atoms with Crippen molar-refractivity contribution in [3.05, 3.63) is 23.0 Å². The van der Waals surface area contributed by atoms with E-state index in [2.05, 4.69) is 5.32 Å². The lowest BCUT2D eigenvalue weighted by Gasteiger charge is -2.35. The number of nitrogens with one attached hydrogen (secondary N) is 1. The molecule has 1 heterocycles. The molecule has 122 valence electrons. The molecule has 0 aromatic heterocycles. The van der Waals surface area contributed by atoms with Gasteiger partial charge in [-0.1, -0.05) is 19.3 Å². The Labute approximate surface area is 131 Å². The van der Waals surface area contributed by atoms with Crippen molar-refractivity contribution in [2.45, 2.75) is 46.0 Å². The monoisotopic (exact) mass is 307 g/mol. The Morgan fingerprint density at radius 2 is 1.91 bits per heavy atom. The second kappa shape index (κ2) is 7.47. The molecule has 1 fully saturated rings. The zero-order valence-corrected chi connectivity index (χ0v) is 13.6. The third-order valence-electron chi connectivity index (χ3n) is 4.53. The second-order valence-electron chi connectivity index (χ2n) is 5.87. The molecule has 1 N–H and O–H groups in total. The Morgan fingerprint density at radius 1 is 1.23 bits per heavy atom. The fourth-order valence-corrected chi connectivity index (χ4v) is 3.49. The number of rotatable bonds is 4.